The highest BCUT2D eigenvalue weighted by Crippen LogP contribution is 2.26. The maximum absolute atomic E-state index is 5.47. The van der Waals surface area contributed by atoms with Crippen LogP contribution in [-0.4, -0.2) is 9.97 Å². The second kappa shape index (κ2) is 4.14. The predicted molar refractivity (Wildman–Crippen MR) is 67.8 cm³/mol. The molecule has 0 aliphatic heterocycles. The fraction of sp³-hybridized carbons (Fsp3) is 0.0769. The van der Waals surface area contributed by atoms with Crippen molar-refractivity contribution in [1.82, 2.24) is 9.97 Å². The van der Waals surface area contributed by atoms with Crippen LogP contribution in [0.3, 0.4) is 0 Å². The van der Waals surface area contributed by atoms with E-state index < -0.39 is 0 Å². The lowest BCUT2D eigenvalue weighted by Crippen LogP contribution is -1.79. The van der Waals surface area contributed by atoms with Gasteiger partial charge in [-0.2, -0.15) is 0 Å². The first-order valence-corrected chi connectivity index (χ1v) is 6.14. The summed E-state index contributed by atoms with van der Waals surface area (Å²) in [6, 6.07) is 9.85. The van der Waals surface area contributed by atoms with Crippen molar-refractivity contribution in [1.29, 1.82) is 0 Å². The molecule has 0 saturated heterocycles. The number of aryl methyl sites for hydroxylation is 1. The molecule has 0 amide bonds. The zero-order chi connectivity index (χ0) is 11.7. The SMILES string of the molecule is Cc1csc(-c2coc(-c3ccccc3)n2)n1. The van der Waals surface area contributed by atoms with E-state index in [9.17, 15) is 0 Å². The first-order chi connectivity index (χ1) is 8.33. The number of rotatable bonds is 2. The van der Waals surface area contributed by atoms with Crippen molar-refractivity contribution < 1.29 is 4.42 Å². The summed E-state index contributed by atoms with van der Waals surface area (Å²) in [6.45, 7) is 1.97. The van der Waals surface area contributed by atoms with Gasteiger partial charge in [0.05, 0.1) is 0 Å². The molecule has 4 heteroatoms. The van der Waals surface area contributed by atoms with E-state index in [0.717, 1.165) is 22.0 Å². The standard InChI is InChI=1S/C13H10N2OS/c1-9-8-17-13(14-9)11-7-16-12(15-11)10-5-3-2-4-6-10/h2-8H,1H3. The molecule has 84 valence electrons. The van der Waals surface area contributed by atoms with E-state index in [-0.39, 0.29) is 0 Å². The molecule has 3 rings (SSSR count). The molecule has 0 aliphatic rings. The maximum atomic E-state index is 5.47. The third kappa shape index (κ3) is 1.99. The third-order valence-corrected chi connectivity index (χ3v) is 3.35. The Bertz CT molecular complexity index is 628. The van der Waals surface area contributed by atoms with Crippen LogP contribution < -0.4 is 0 Å². The lowest BCUT2D eigenvalue weighted by Gasteiger charge is -1.91. The van der Waals surface area contributed by atoms with Gasteiger partial charge in [-0.15, -0.1) is 11.3 Å². The first kappa shape index (κ1) is 10.2. The summed E-state index contributed by atoms with van der Waals surface area (Å²) in [4.78, 5) is 8.83. The summed E-state index contributed by atoms with van der Waals surface area (Å²) in [5.74, 6) is 0.633. The number of hydrogen-bond acceptors (Lipinski definition) is 4. The molecule has 0 radical (unpaired) electrons. The van der Waals surface area contributed by atoms with Gasteiger partial charge in [-0.05, 0) is 19.1 Å². The molecule has 2 aromatic heterocycles. The van der Waals surface area contributed by atoms with E-state index in [1.807, 2.05) is 42.6 Å². The van der Waals surface area contributed by atoms with Gasteiger partial charge in [0.25, 0.3) is 0 Å². The Labute approximate surface area is 103 Å². The smallest absolute Gasteiger partial charge is 0.226 e. The van der Waals surface area contributed by atoms with Crippen LogP contribution in [0, 0.1) is 6.92 Å². The van der Waals surface area contributed by atoms with Gasteiger partial charge in [0.15, 0.2) is 0 Å². The molecule has 0 fully saturated rings. The molecule has 3 aromatic rings. The summed E-state index contributed by atoms with van der Waals surface area (Å²) < 4.78 is 5.47. The minimum Gasteiger partial charge on any atom is -0.444 e. The molecule has 1 aromatic carbocycles. The fourth-order valence-electron chi connectivity index (χ4n) is 1.56. The zero-order valence-electron chi connectivity index (χ0n) is 9.25. The minimum absolute atomic E-state index is 0.633. The molecule has 0 N–H and O–H groups in total. The van der Waals surface area contributed by atoms with E-state index in [4.69, 9.17) is 4.42 Å². The van der Waals surface area contributed by atoms with E-state index in [1.165, 1.54) is 0 Å². The average molecular weight is 242 g/mol. The lowest BCUT2D eigenvalue weighted by atomic mass is 10.2. The second-order valence-corrected chi connectivity index (χ2v) is 4.56. The number of aromatic nitrogens is 2. The van der Waals surface area contributed by atoms with Crippen LogP contribution in [0.15, 0.2) is 46.4 Å². The molecule has 0 spiro atoms. The number of hydrogen-bond donors (Lipinski definition) is 0. The van der Waals surface area contributed by atoms with Crippen LogP contribution in [-0.2, 0) is 0 Å². The first-order valence-electron chi connectivity index (χ1n) is 5.26. The topological polar surface area (TPSA) is 38.9 Å². The summed E-state index contributed by atoms with van der Waals surface area (Å²) in [5, 5.41) is 2.90. The highest BCUT2D eigenvalue weighted by atomic mass is 32.1. The van der Waals surface area contributed by atoms with Crippen LogP contribution >= 0.6 is 11.3 Å². The molecule has 0 aliphatic carbocycles. The van der Waals surface area contributed by atoms with Gasteiger partial charge in [-0.3, -0.25) is 0 Å². The largest absolute Gasteiger partial charge is 0.444 e. The monoisotopic (exact) mass is 242 g/mol. The number of nitrogens with zero attached hydrogens (tertiary/aromatic N) is 2. The van der Waals surface area contributed by atoms with Crippen molar-refractivity contribution in [2.24, 2.45) is 0 Å². The van der Waals surface area contributed by atoms with E-state index >= 15 is 0 Å². The number of benzene rings is 1. The molecule has 3 nitrogen and oxygen atoms in total. The van der Waals surface area contributed by atoms with Crippen molar-refractivity contribution >= 4 is 11.3 Å². The molecule has 0 saturated carbocycles. The summed E-state index contributed by atoms with van der Waals surface area (Å²) in [6.07, 6.45) is 1.65. The molecule has 0 bridgehead atoms. The van der Waals surface area contributed by atoms with Crippen LogP contribution in [0.2, 0.25) is 0 Å². The quantitative estimate of drug-likeness (QED) is 0.686. The van der Waals surface area contributed by atoms with Gasteiger partial charge in [-0.1, -0.05) is 18.2 Å². The average Bonchev–Trinajstić information content (AvgIpc) is 2.98. The lowest BCUT2D eigenvalue weighted by molar-refractivity contribution is 0.575. The Kier molecular flexibility index (Phi) is 2.49. The highest BCUT2D eigenvalue weighted by Gasteiger charge is 2.10. The van der Waals surface area contributed by atoms with Crippen molar-refractivity contribution in [2.75, 3.05) is 0 Å². The van der Waals surface area contributed by atoms with Crippen LogP contribution in [0.1, 0.15) is 5.69 Å². The van der Waals surface area contributed by atoms with Gasteiger partial charge >= 0.3 is 0 Å². The van der Waals surface area contributed by atoms with Gasteiger partial charge in [0.2, 0.25) is 5.89 Å². The Morgan fingerprint density at radius 3 is 2.65 bits per heavy atom. The van der Waals surface area contributed by atoms with Crippen molar-refractivity contribution in [3.8, 4) is 22.2 Å². The zero-order valence-corrected chi connectivity index (χ0v) is 10.1. The van der Waals surface area contributed by atoms with Crippen molar-refractivity contribution in [2.45, 2.75) is 6.92 Å². The number of thiazole rings is 1. The second-order valence-electron chi connectivity index (χ2n) is 3.70. The van der Waals surface area contributed by atoms with Crippen LogP contribution in [0.25, 0.3) is 22.2 Å². The molecule has 2 heterocycles. The molecule has 17 heavy (non-hydrogen) atoms. The Morgan fingerprint density at radius 2 is 1.94 bits per heavy atom. The van der Waals surface area contributed by atoms with E-state index in [2.05, 4.69) is 9.97 Å². The fourth-order valence-corrected chi connectivity index (χ4v) is 2.30. The molecular formula is C13H10N2OS. The highest BCUT2D eigenvalue weighted by molar-refractivity contribution is 7.13. The van der Waals surface area contributed by atoms with Gasteiger partial charge in [0.1, 0.15) is 17.0 Å². The Morgan fingerprint density at radius 1 is 1.12 bits per heavy atom. The summed E-state index contributed by atoms with van der Waals surface area (Å²) in [7, 11) is 0. The van der Waals surface area contributed by atoms with Gasteiger partial charge in [-0.25, -0.2) is 9.97 Å². The molecular weight excluding hydrogens is 232 g/mol. The Balaban J connectivity index is 1.99. The van der Waals surface area contributed by atoms with Crippen LogP contribution in [0.4, 0.5) is 0 Å². The summed E-state index contributed by atoms with van der Waals surface area (Å²) in [5.41, 5.74) is 2.78. The molecule has 0 atom stereocenters. The van der Waals surface area contributed by atoms with Crippen molar-refractivity contribution in [3.05, 3.63) is 47.7 Å². The minimum atomic E-state index is 0.633. The van der Waals surface area contributed by atoms with E-state index in [0.29, 0.717) is 5.89 Å². The molecule has 0 unspecified atom stereocenters. The number of oxazole rings is 1. The van der Waals surface area contributed by atoms with Crippen LogP contribution in [0.5, 0.6) is 0 Å². The maximum Gasteiger partial charge on any atom is 0.226 e. The predicted octanol–water partition coefficient (Wildman–Crippen LogP) is 3.77. The Hall–Kier alpha value is -1.94. The third-order valence-electron chi connectivity index (χ3n) is 2.36. The van der Waals surface area contributed by atoms with Gasteiger partial charge in [0, 0.05) is 16.6 Å². The normalized spacial score (nSPS) is 10.6. The van der Waals surface area contributed by atoms with Crippen molar-refractivity contribution in [3.63, 3.8) is 0 Å². The van der Waals surface area contributed by atoms with Gasteiger partial charge < -0.3 is 4.42 Å². The summed E-state index contributed by atoms with van der Waals surface area (Å²) >= 11 is 1.58. The van der Waals surface area contributed by atoms with E-state index in [1.54, 1.807) is 17.6 Å².